The number of thioether (sulfide) groups is 1. The summed E-state index contributed by atoms with van der Waals surface area (Å²) in [6.45, 7) is 0. The van der Waals surface area contributed by atoms with Crippen molar-refractivity contribution >= 4 is 11.8 Å². The van der Waals surface area contributed by atoms with E-state index in [0.717, 1.165) is 11.8 Å². The quantitative estimate of drug-likeness (QED) is 0.514. The van der Waals surface area contributed by atoms with Gasteiger partial charge in [0.25, 0.3) is 5.56 Å². The van der Waals surface area contributed by atoms with Crippen LogP contribution in [-0.2, 0) is 6.18 Å². The fourth-order valence-corrected chi connectivity index (χ4v) is 2.20. The Morgan fingerprint density at radius 2 is 1.87 bits per heavy atom. The molecule has 0 bridgehead atoms. The number of alkyl halides is 3. The SMILES string of the molecule is CSc1nc(-c2cc(F)c(F)cc2C(F)(F)F)c(C#N)c(=O)[nH]1. The maximum atomic E-state index is 13.4. The molecule has 1 N–H and O–H groups in total. The minimum atomic E-state index is -5.03. The van der Waals surface area contributed by atoms with Crippen LogP contribution in [0.3, 0.4) is 0 Å². The van der Waals surface area contributed by atoms with Crippen LogP contribution >= 0.6 is 11.8 Å². The second-order valence-corrected chi connectivity index (χ2v) is 5.02. The van der Waals surface area contributed by atoms with Gasteiger partial charge in [0.2, 0.25) is 0 Å². The molecule has 0 amide bonds. The number of nitrogens with one attached hydrogen (secondary N) is 1. The van der Waals surface area contributed by atoms with Gasteiger partial charge in [-0.25, -0.2) is 13.8 Å². The number of aromatic nitrogens is 2. The second kappa shape index (κ2) is 6.00. The molecule has 2 aromatic rings. The number of halogens is 5. The molecule has 23 heavy (non-hydrogen) atoms. The van der Waals surface area contributed by atoms with Crippen LogP contribution in [0.4, 0.5) is 22.0 Å². The first-order valence-electron chi connectivity index (χ1n) is 5.84. The number of nitrogens with zero attached hydrogens (tertiary/aromatic N) is 2. The van der Waals surface area contributed by atoms with Gasteiger partial charge in [-0.1, -0.05) is 11.8 Å². The van der Waals surface area contributed by atoms with Gasteiger partial charge in [0, 0.05) is 5.56 Å². The first-order chi connectivity index (χ1) is 10.7. The van der Waals surface area contributed by atoms with Gasteiger partial charge >= 0.3 is 6.18 Å². The van der Waals surface area contributed by atoms with Crippen LogP contribution in [0.15, 0.2) is 22.1 Å². The molecule has 0 unspecified atom stereocenters. The van der Waals surface area contributed by atoms with Crippen molar-refractivity contribution in [3.63, 3.8) is 0 Å². The highest BCUT2D eigenvalue weighted by atomic mass is 32.2. The second-order valence-electron chi connectivity index (χ2n) is 4.22. The fourth-order valence-electron chi connectivity index (χ4n) is 1.83. The summed E-state index contributed by atoms with van der Waals surface area (Å²) in [6.07, 6.45) is -3.54. The Balaban J connectivity index is 2.92. The summed E-state index contributed by atoms with van der Waals surface area (Å²) in [5, 5.41) is 8.91. The van der Waals surface area contributed by atoms with Gasteiger partial charge in [-0.3, -0.25) is 4.79 Å². The van der Waals surface area contributed by atoms with Crippen LogP contribution in [0, 0.1) is 23.0 Å². The Hall–Kier alpha value is -2.41. The van der Waals surface area contributed by atoms with E-state index in [1.165, 1.54) is 12.3 Å². The van der Waals surface area contributed by atoms with Crippen LogP contribution in [0.2, 0.25) is 0 Å². The third-order valence-electron chi connectivity index (χ3n) is 2.82. The van der Waals surface area contributed by atoms with Crippen molar-refractivity contribution in [2.24, 2.45) is 0 Å². The van der Waals surface area contributed by atoms with Crippen molar-refractivity contribution in [3.8, 4) is 17.3 Å². The van der Waals surface area contributed by atoms with Crippen molar-refractivity contribution < 1.29 is 22.0 Å². The molecule has 1 aromatic carbocycles. The molecule has 0 aliphatic rings. The predicted octanol–water partition coefficient (Wildman–Crippen LogP) is 3.33. The molecule has 4 nitrogen and oxygen atoms in total. The van der Waals surface area contributed by atoms with Crippen molar-refractivity contribution in [2.45, 2.75) is 11.3 Å². The van der Waals surface area contributed by atoms with Crippen LogP contribution in [0.5, 0.6) is 0 Å². The molecule has 0 saturated carbocycles. The average Bonchev–Trinajstić information content (AvgIpc) is 2.47. The third kappa shape index (κ3) is 3.19. The summed E-state index contributed by atoms with van der Waals surface area (Å²) >= 11 is 0.907. The first-order valence-corrected chi connectivity index (χ1v) is 7.06. The highest BCUT2D eigenvalue weighted by Gasteiger charge is 2.36. The Kier molecular flexibility index (Phi) is 4.42. The Morgan fingerprint density at radius 1 is 1.26 bits per heavy atom. The molecule has 10 heteroatoms. The lowest BCUT2D eigenvalue weighted by Gasteiger charge is -2.14. The van der Waals surface area contributed by atoms with Gasteiger partial charge < -0.3 is 4.98 Å². The number of hydrogen-bond donors (Lipinski definition) is 1. The van der Waals surface area contributed by atoms with Gasteiger partial charge in [-0.2, -0.15) is 18.4 Å². The number of benzene rings is 1. The molecular weight excluding hydrogens is 341 g/mol. The summed E-state index contributed by atoms with van der Waals surface area (Å²) in [6, 6.07) is 1.66. The molecule has 2 rings (SSSR count). The van der Waals surface area contributed by atoms with Gasteiger partial charge in [0.15, 0.2) is 16.8 Å². The molecule has 120 valence electrons. The highest BCUT2D eigenvalue weighted by Crippen LogP contribution is 2.38. The van der Waals surface area contributed by atoms with Gasteiger partial charge in [-0.15, -0.1) is 0 Å². The minimum Gasteiger partial charge on any atom is -0.300 e. The van der Waals surface area contributed by atoms with E-state index in [0.29, 0.717) is 0 Å². The summed E-state index contributed by atoms with van der Waals surface area (Å²) in [4.78, 5) is 17.7. The summed E-state index contributed by atoms with van der Waals surface area (Å²) in [5.41, 5.74) is -4.77. The van der Waals surface area contributed by atoms with Crippen molar-refractivity contribution in [1.29, 1.82) is 5.26 Å². The molecule has 1 aromatic heterocycles. The molecule has 0 aliphatic heterocycles. The van der Waals surface area contributed by atoms with E-state index in [-0.39, 0.29) is 17.3 Å². The third-order valence-corrected chi connectivity index (χ3v) is 3.40. The zero-order valence-electron chi connectivity index (χ0n) is 11.3. The van der Waals surface area contributed by atoms with Gasteiger partial charge in [0.05, 0.1) is 11.3 Å². The molecule has 0 spiro atoms. The fraction of sp³-hybridized carbons (Fsp3) is 0.154. The minimum absolute atomic E-state index is 0.0343. The lowest BCUT2D eigenvalue weighted by molar-refractivity contribution is -0.137. The Morgan fingerprint density at radius 3 is 2.39 bits per heavy atom. The lowest BCUT2D eigenvalue weighted by Crippen LogP contribution is -2.17. The normalized spacial score (nSPS) is 11.3. The smallest absolute Gasteiger partial charge is 0.300 e. The topological polar surface area (TPSA) is 69.5 Å². The zero-order chi connectivity index (χ0) is 17.4. The van der Waals surface area contributed by atoms with E-state index in [9.17, 15) is 26.7 Å². The van der Waals surface area contributed by atoms with E-state index in [1.54, 1.807) is 0 Å². The van der Waals surface area contributed by atoms with Crippen LogP contribution < -0.4 is 5.56 Å². The molecule has 0 saturated heterocycles. The maximum absolute atomic E-state index is 13.4. The molecular formula is C13H6F5N3OS. The van der Waals surface area contributed by atoms with Crippen molar-refractivity contribution in [2.75, 3.05) is 6.26 Å². The summed E-state index contributed by atoms with van der Waals surface area (Å²) in [7, 11) is 0. The van der Waals surface area contributed by atoms with Crippen molar-refractivity contribution in [3.05, 3.63) is 45.2 Å². The predicted molar refractivity (Wildman–Crippen MR) is 71.7 cm³/mol. The zero-order valence-corrected chi connectivity index (χ0v) is 12.1. The van der Waals surface area contributed by atoms with E-state index in [1.807, 2.05) is 0 Å². The highest BCUT2D eigenvalue weighted by molar-refractivity contribution is 7.98. The first kappa shape index (κ1) is 17.0. The number of hydrogen-bond acceptors (Lipinski definition) is 4. The average molecular weight is 347 g/mol. The Bertz CT molecular complexity index is 870. The van der Waals surface area contributed by atoms with Crippen molar-refractivity contribution in [1.82, 2.24) is 9.97 Å². The number of rotatable bonds is 2. The molecule has 0 atom stereocenters. The lowest BCUT2D eigenvalue weighted by atomic mass is 10.0. The van der Waals surface area contributed by atoms with Gasteiger partial charge in [0.1, 0.15) is 11.6 Å². The number of nitriles is 1. The number of aromatic amines is 1. The van der Waals surface area contributed by atoms with E-state index >= 15 is 0 Å². The molecule has 1 heterocycles. The standard InChI is InChI=1S/C13H6F5N3OS/c1-23-12-20-10(6(4-19)11(22)21-12)5-2-8(14)9(15)3-7(5)13(16,17)18/h2-3H,1H3,(H,20,21,22). The summed E-state index contributed by atoms with van der Waals surface area (Å²) in [5.74, 6) is -3.25. The summed E-state index contributed by atoms with van der Waals surface area (Å²) < 4.78 is 65.8. The monoisotopic (exact) mass is 347 g/mol. The van der Waals surface area contributed by atoms with Gasteiger partial charge in [-0.05, 0) is 18.4 Å². The molecule has 0 fully saturated rings. The largest absolute Gasteiger partial charge is 0.417 e. The van der Waals surface area contributed by atoms with E-state index in [2.05, 4.69) is 9.97 Å². The molecule has 0 aliphatic carbocycles. The Labute approximate surface area is 130 Å². The number of H-pyrrole nitrogens is 1. The van der Waals surface area contributed by atoms with Crippen LogP contribution in [0.1, 0.15) is 11.1 Å². The van der Waals surface area contributed by atoms with E-state index in [4.69, 9.17) is 5.26 Å². The van der Waals surface area contributed by atoms with Crippen LogP contribution in [0.25, 0.3) is 11.3 Å². The van der Waals surface area contributed by atoms with E-state index < -0.39 is 45.8 Å². The van der Waals surface area contributed by atoms with Crippen LogP contribution in [-0.4, -0.2) is 16.2 Å². The molecule has 0 radical (unpaired) electrons. The maximum Gasteiger partial charge on any atom is 0.417 e.